The molecule has 4 aliphatic rings. The average Bonchev–Trinajstić information content (AvgIpc) is 2.73. The Labute approximate surface area is 181 Å². The lowest BCUT2D eigenvalue weighted by Crippen LogP contribution is -2.51. The number of nitrogens with zero attached hydrogens (tertiary/aromatic N) is 2. The van der Waals surface area contributed by atoms with Crippen molar-refractivity contribution in [1.29, 1.82) is 0 Å². The first kappa shape index (κ1) is 20.2. The fraction of sp³-hybridized carbons (Fsp3) is 0.500. The molecule has 4 bridgehead atoms. The lowest BCUT2D eigenvalue weighted by Gasteiger charge is -2.55. The number of rotatable bonds is 6. The number of sulfonamides is 1. The number of aromatic nitrogens is 2. The van der Waals surface area contributed by atoms with Crippen LogP contribution in [0.1, 0.15) is 38.5 Å². The second kappa shape index (κ2) is 7.47. The number of benzene rings is 1. The predicted octanol–water partition coefficient (Wildman–Crippen LogP) is 3.44. The third-order valence-corrected chi connectivity index (χ3v) is 8.39. The smallest absolute Gasteiger partial charge is 0.263 e. The highest BCUT2D eigenvalue weighted by atomic mass is 32.2. The van der Waals surface area contributed by atoms with E-state index in [1.165, 1.54) is 50.9 Å². The number of methoxy groups -OCH3 is 1. The molecule has 1 aromatic heterocycles. The summed E-state index contributed by atoms with van der Waals surface area (Å²) in [7, 11) is -2.48. The monoisotopic (exact) mass is 442 g/mol. The SMILES string of the molecule is COc1nccnc1NS(=O)(=O)c1ccc(NC(=O)C23CC4CC(CC(C4)C2)C3)cc1. The molecule has 164 valence electrons. The third-order valence-electron chi connectivity index (χ3n) is 7.03. The van der Waals surface area contributed by atoms with Crippen LogP contribution < -0.4 is 14.8 Å². The minimum absolute atomic E-state index is 0.0178. The Morgan fingerprint density at radius 1 is 1.00 bits per heavy atom. The Bertz CT molecular complexity index is 1070. The second-order valence-corrected chi connectivity index (χ2v) is 10.9. The Morgan fingerprint density at radius 2 is 1.58 bits per heavy atom. The molecule has 4 saturated carbocycles. The van der Waals surface area contributed by atoms with Crippen molar-refractivity contribution in [2.75, 3.05) is 17.1 Å². The normalized spacial score (nSPS) is 28.9. The molecule has 9 heteroatoms. The molecule has 31 heavy (non-hydrogen) atoms. The molecule has 6 rings (SSSR count). The van der Waals surface area contributed by atoms with E-state index >= 15 is 0 Å². The van der Waals surface area contributed by atoms with Crippen LogP contribution >= 0.6 is 0 Å². The molecule has 1 aromatic carbocycles. The molecule has 0 atom stereocenters. The van der Waals surface area contributed by atoms with E-state index in [-0.39, 0.29) is 27.9 Å². The first-order valence-corrected chi connectivity index (χ1v) is 12.1. The molecular formula is C22H26N4O4S. The van der Waals surface area contributed by atoms with Gasteiger partial charge in [-0.3, -0.25) is 9.52 Å². The molecule has 0 spiro atoms. The van der Waals surface area contributed by atoms with Crippen molar-refractivity contribution in [3.63, 3.8) is 0 Å². The standard InChI is InChI=1S/C22H26N4O4S/c1-30-20-19(23-6-7-24-20)26-31(28,29)18-4-2-17(3-5-18)25-21(27)22-11-14-8-15(12-22)10-16(9-14)13-22/h2-7,14-16H,8-13H2,1H3,(H,23,26)(H,25,27). The van der Waals surface area contributed by atoms with Gasteiger partial charge in [0.05, 0.1) is 17.4 Å². The molecule has 0 unspecified atom stereocenters. The zero-order chi connectivity index (χ0) is 21.6. The quantitative estimate of drug-likeness (QED) is 0.709. The number of carbonyl (C=O) groups excluding carboxylic acids is 1. The Balaban J connectivity index is 1.29. The summed E-state index contributed by atoms with van der Waals surface area (Å²) in [4.78, 5) is 21.2. The van der Waals surface area contributed by atoms with Crippen molar-refractivity contribution < 1.29 is 17.9 Å². The summed E-state index contributed by atoms with van der Waals surface area (Å²) >= 11 is 0. The average molecular weight is 443 g/mol. The minimum Gasteiger partial charge on any atom is -0.478 e. The number of nitrogens with one attached hydrogen (secondary N) is 2. The molecular weight excluding hydrogens is 416 g/mol. The van der Waals surface area contributed by atoms with Crippen LogP contribution in [0.5, 0.6) is 5.88 Å². The van der Waals surface area contributed by atoms with Gasteiger partial charge in [0, 0.05) is 18.1 Å². The summed E-state index contributed by atoms with van der Waals surface area (Å²) in [6.07, 6.45) is 9.60. The summed E-state index contributed by atoms with van der Waals surface area (Å²) in [5.74, 6) is 2.26. The first-order chi connectivity index (χ1) is 14.9. The van der Waals surface area contributed by atoms with Gasteiger partial charge in [0.1, 0.15) is 0 Å². The molecule has 4 aliphatic carbocycles. The number of anilines is 2. The van der Waals surface area contributed by atoms with Crippen LogP contribution in [0, 0.1) is 23.2 Å². The maximum absolute atomic E-state index is 13.2. The Morgan fingerprint density at radius 3 is 2.16 bits per heavy atom. The molecule has 2 aromatic rings. The fourth-order valence-corrected chi connectivity index (χ4v) is 7.11. The van der Waals surface area contributed by atoms with E-state index in [0.717, 1.165) is 19.3 Å². The van der Waals surface area contributed by atoms with Crippen LogP contribution in [0.15, 0.2) is 41.6 Å². The summed E-state index contributed by atoms with van der Waals surface area (Å²) < 4.78 is 32.9. The van der Waals surface area contributed by atoms with Crippen LogP contribution in [0.4, 0.5) is 11.5 Å². The van der Waals surface area contributed by atoms with E-state index < -0.39 is 10.0 Å². The van der Waals surface area contributed by atoms with Gasteiger partial charge in [-0.2, -0.15) is 0 Å². The highest BCUT2D eigenvalue weighted by Crippen LogP contribution is 2.60. The maximum atomic E-state index is 13.2. The molecule has 2 N–H and O–H groups in total. The lowest BCUT2D eigenvalue weighted by atomic mass is 9.49. The van der Waals surface area contributed by atoms with E-state index in [4.69, 9.17) is 4.74 Å². The molecule has 0 saturated heterocycles. The zero-order valence-corrected chi connectivity index (χ0v) is 18.2. The molecule has 1 amide bonds. The van der Waals surface area contributed by atoms with Crippen LogP contribution in [-0.2, 0) is 14.8 Å². The maximum Gasteiger partial charge on any atom is 0.263 e. The summed E-state index contributed by atoms with van der Waals surface area (Å²) in [6, 6.07) is 6.20. The van der Waals surface area contributed by atoms with Gasteiger partial charge in [-0.05, 0) is 80.5 Å². The van der Waals surface area contributed by atoms with Gasteiger partial charge in [0.25, 0.3) is 15.9 Å². The van der Waals surface area contributed by atoms with Gasteiger partial charge < -0.3 is 10.1 Å². The largest absolute Gasteiger partial charge is 0.478 e. The van der Waals surface area contributed by atoms with Crippen molar-refractivity contribution in [1.82, 2.24) is 9.97 Å². The highest BCUT2D eigenvalue weighted by Gasteiger charge is 2.54. The minimum atomic E-state index is -3.87. The van der Waals surface area contributed by atoms with Gasteiger partial charge in [-0.15, -0.1) is 0 Å². The topological polar surface area (TPSA) is 110 Å². The molecule has 8 nitrogen and oxygen atoms in total. The Kier molecular flexibility index (Phi) is 4.88. The second-order valence-electron chi connectivity index (χ2n) is 9.20. The van der Waals surface area contributed by atoms with Crippen LogP contribution in [-0.4, -0.2) is 31.4 Å². The number of ether oxygens (including phenoxy) is 1. The van der Waals surface area contributed by atoms with Gasteiger partial charge in [-0.25, -0.2) is 18.4 Å². The predicted molar refractivity (Wildman–Crippen MR) is 115 cm³/mol. The van der Waals surface area contributed by atoms with Crippen LogP contribution in [0.3, 0.4) is 0 Å². The highest BCUT2D eigenvalue weighted by molar-refractivity contribution is 7.92. The summed E-state index contributed by atoms with van der Waals surface area (Å²) in [5.41, 5.74) is 0.362. The lowest BCUT2D eigenvalue weighted by molar-refractivity contribution is -0.140. The first-order valence-electron chi connectivity index (χ1n) is 10.7. The van der Waals surface area contributed by atoms with Gasteiger partial charge in [-0.1, -0.05) is 0 Å². The van der Waals surface area contributed by atoms with Crippen molar-refractivity contribution in [2.24, 2.45) is 23.2 Å². The number of hydrogen-bond donors (Lipinski definition) is 2. The molecule has 0 aliphatic heterocycles. The van der Waals surface area contributed by atoms with Crippen molar-refractivity contribution >= 4 is 27.4 Å². The van der Waals surface area contributed by atoms with E-state index in [0.29, 0.717) is 23.4 Å². The molecule has 0 radical (unpaired) electrons. The van der Waals surface area contributed by atoms with Crippen molar-refractivity contribution in [3.8, 4) is 5.88 Å². The number of amides is 1. The van der Waals surface area contributed by atoms with E-state index in [2.05, 4.69) is 20.0 Å². The molecule has 1 heterocycles. The number of hydrogen-bond acceptors (Lipinski definition) is 6. The van der Waals surface area contributed by atoms with E-state index in [1.807, 2.05) is 0 Å². The van der Waals surface area contributed by atoms with E-state index in [1.54, 1.807) is 12.1 Å². The fourth-order valence-electron chi connectivity index (χ4n) is 6.10. The van der Waals surface area contributed by atoms with Gasteiger partial charge >= 0.3 is 0 Å². The van der Waals surface area contributed by atoms with Gasteiger partial charge in [0.15, 0.2) is 0 Å². The third kappa shape index (κ3) is 3.75. The van der Waals surface area contributed by atoms with E-state index in [9.17, 15) is 13.2 Å². The van der Waals surface area contributed by atoms with Gasteiger partial charge in [0.2, 0.25) is 11.7 Å². The Hall–Kier alpha value is -2.68. The number of carbonyl (C=O) groups is 1. The van der Waals surface area contributed by atoms with Crippen molar-refractivity contribution in [2.45, 2.75) is 43.4 Å². The summed E-state index contributed by atoms with van der Waals surface area (Å²) in [5, 5.41) is 3.05. The zero-order valence-electron chi connectivity index (χ0n) is 17.4. The molecule has 4 fully saturated rings. The summed E-state index contributed by atoms with van der Waals surface area (Å²) in [6.45, 7) is 0. The van der Waals surface area contributed by atoms with Crippen LogP contribution in [0.2, 0.25) is 0 Å². The van der Waals surface area contributed by atoms with Crippen molar-refractivity contribution in [3.05, 3.63) is 36.7 Å². The van der Waals surface area contributed by atoms with Crippen LogP contribution in [0.25, 0.3) is 0 Å².